The molecule has 2 aliphatic heterocycles. The van der Waals surface area contributed by atoms with Crippen LogP contribution in [0.25, 0.3) is 11.5 Å². The second kappa shape index (κ2) is 10.1. The number of hydrogen-bond donors (Lipinski definition) is 0. The van der Waals surface area contributed by atoms with Gasteiger partial charge in [0.2, 0.25) is 0 Å². The quantitative estimate of drug-likeness (QED) is 0.330. The summed E-state index contributed by atoms with van der Waals surface area (Å²) >= 11 is 0. The first-order valence-corrected chi connectivity index (χ1v) is 13.4. The van der Waals surface area contributed by atoms with Crippen LogP contribution in [0.2, 0.25) is 0 Å². The Balaban J connectivity index is 1.25. The van der Waals surface area contributed by atoms with E-state index < -0.39 is 12.3 Å². The van der Waals surface area contributed by atoms with E-state index in [2.05, 4.69) is 26.7 Å². The second-order valence-corrected chi connectivity index (χ2v) is 11.0. The smallest absolute Gasteiger partial charge is 0.316 e. The third-order valence-electron chi connectivity index (χ3n) is 8.34. The van der Waals surface area contributed by atoms with Gasteiger partial charge in [0.25, 0.3) is 11.8 Å². The van der Waals surface area contributed by atoms with Crippen LogP contribution in [0.15, 0.2) is 53.3 Å². The molecule has 4 aliphatic rings. The molecule has 2 bridgehead atoms. The highest BCUT2D eigenvalue weighted by Gasteiger charge is 2.52. The molecule has 2 saturated carbocycles. The summed E-state index contributed by atoms with van der Waals surface area (Å²) in [6.07, 6.45) is 9.03. The Morgan fingerprint density at radius 1 is 1.21 bits per heavy atom. The van der Waals surface area contributed by atoms with Crippen molar-refractivity contribution < 1.29 is 23.2 Å². The minimum Gasteiger partial charge on any atom is -0.467 e. The zero-order chi connectivity index (χ0) is 27.0. The molecule has 0 radical (unpaired) electrons. The fraction of sp³-hybridized carbons (Fsp3) is 0.483. The lowest BCUT2D eigenvalue weighted by Crippen LogP contribution is -2.54. The first kappa shape index (κ1) is 25.6. The number of amides is 1. The normalized spacial score (nSPS) is 23.9. The molecule has 2 aliphatic carbocycles. The maximum Gasteiger partial charge on any atom is 0.316 e. The number of hydrogen-bond acceptors (Lipinski definition) is 8. The maximum absolute atomic E-state index is 13.6. The van der Waals surface area contributed by atoms with Crippen molar-refractivity contribution in [2.45, 2.75) is 56.5 Å². The van der Waals surface area contributed by atoms with Crippen molar-refractivity contribution in [3.8, 4) is 17.5 Å². The number of carbonyl (C=O) groups excluding carboxylic acids is 1. The number of alkyl halides is 1. The molecule has 7 rings (SSSR count). The molecule has 4 heterocycles. The minimum atomic E-state index is -0.634. The molecular weight excluding hydrogens is 501 g/mol. The largest absolute Gasteiger partial charge is 0.467 e. The number of halogens is 1. The van der Waals surface area contributed by atoms with E-state index in [9.17, 15) is 9.18 Å². The standard InChI is InChI=1S/C29H32FN5O4/c1-19(8-13-30)26(36)35(23-5-3-4-21(14-23)25-33-24(34-39-25)20-6-7-20)17-28-9-11-29(12-10-28,38-18-28)22-15-31-27(37-2)32-16-22/h3-5,14-16,20H,1,6-13,17-18H2,2H3. The Labute approximate surface area is 226 Å². The third-order valence-corrected chi connectivity index (χ3v) is 8.34. The number of ether oxygens (including phenoxy) is 2. The van der Waals surface area contributed by atoms with Crippen LogP contribution in [-0.2, 0) is 15.1 Å². The van der Waals surface area contributed by atoms with Gasteiger partial charge in [-0.2, -0.15) is 4.98 Å². The summed E-state index contributed by atoms with van der Waals surface area (Å²) in [7, 11) is 1.54. The van der Waals surface area contributed by atoms with Crippen molar-refractivity contribution in [2.24, 2.45) is 5.41 Å². The van der Waals surface area contributed by atoms with Gasteiger partial charge < -0.3 is 18.9 Å². The van der Waals surface area contributed by atoms with Crippen LogP contribution in [0.3, 0.4) is 0 Å². The third kappa shape index (κ3) is 4.93. The Bertz CT molecular complexity index is 1350. The molecule has 39 heavy (non-hydrogen) atoms. The molecule has 0 N–H and O–H groups in total. The van der Waals surface area contributed by atoms with Crippen molar-refractivity contribution in [1.29, 1.82) is 0 Å². The van der Waals surface area contributed by atoms with Crippen molar-refractivity contribution >= 4 is 11.6 Å². The van der Waals surface area contributed by atoms with Gasteiger partial charge >= 0.3 is 6.01 Å². The van der Waals surface area contributed by atoms with Gasteiger partial charge in [-0.15, -0.1) is 0 Å². The number of rotatable bonds is 10. The molecule has 2 saturated heterocycles. The lowest BCUT2D eigenvalue weighted by atomic mass is 9.64. The zero-order valence-corrected chi connectivity index (χ0v) is 22.1. The average Bonchev–Trinajstić information content (AvgIpc) is 3.72. The highest BCUT2D eigenvalue weighted by molar-refractivity contribution is 6.05. The first-order chi connectivity index (χ1) is 18.9. The number of aromatic nitrogens is 4. The summed E-state index contributed by atoms with van der Waals surface area (Å²) in [6.45, 7) is 4.19. The fourth-order valence-electron chi connectivity index (χ4n) is 5.69. The maximum atomic E-state index is 13.6. The molecule has 1 aromatic carbocycles. The Kier molecular flexibility index (Phi) is 6.66. The summed E-state index contributed by atoms with van der Waals surface area (Å²) in [4.78, 5) is 28.4. The van der Waals surface area contributed by atoms with Gasteiger partial charge in [0.15, 0.2) is 5.82 Å². The molecule has 204 valence electrons. The monoisotopic (exact) mass is 533 g/mol. The summed E-state index contributed by atoms with van der Waals surface area (Å²) in [5.74, 6) is 1.25. The number of anilines is 1. The van der Waals surface area contributed by atoms with Crippen LogP contribution in [0.4, 0.5) is 10.1 Å². The molecule has 1 amide bonds. The Hall–Kier alpha value is -3.66. The van der Waals surface area contributed by atoms with Gasteiger partial charge in [-0.25, -0.2) is 9.97 Å². The average molecular weight is 534 g/mol. The number of benzene rings is 1. The van der Waals surface area contributed by atoms with Gasteiger partial charge in [-0.1, -0.05) is 17.8 Å². The van der Waals surface area contributed by atoms with Crippen LogP contribution in [0.1, 0.15) is 62.3 Å². The second-order valence-electron chi connectivity index (χ2n) is 11.0. The van der Waals surface area contributed by atoms with Crippen LogP contribution < -0.4 is 9.64 Å². The highest BCUT2D eigenvalue weighted by atomic mass is 19.1. The number of nitrogens with zero attached hydrogens (tertiary/aromatic N) is 5. The lowest BCUT2D eigenvalue weighted by molar-refractivity contribution is -0.186. The number of fused-ring (bicyclic) bond motifs is 3. The van der Waals surface area contributed by atoms with Crippen molar-refractivity contribution in [1.82, 2.24) is 20.1 Å². The molecule has 0 spiro atoms. The summed E-state index contributed by atoms with van der Waals surface area (Å²) in [5, 5.41) is 4.13. The van der Waals surface area contributed by atoms with E-state index >= 15 is 0 Å². The van der Waals surface area contributed by atoms with E-state index in [1.54, 1.807) is 17.3 Å². The highest BCUT2D eigenvalue weighted by Crippen LogP contribution is 2.54. The SMILES string of the molecule is C=C(CCF)C(=O)N(CC12CCC(c3cnc(OC)nc3)(CC1)OC2)c1cccc(-c2nc(C3CC3)no2)c1. The topological polar surface area (TPSA) is 103 Å². The minimum absolute atomic E-state index is 0.00644. The van der Waals surface area contributed by atoms with Crippen LogP contribution >= 0.6 is 0 Å². The molecule has 10 heteroatoms. The van der Waals surface area contributed by atoms with Crippen molar-refractivity contribution in [3.05, 3.63) is 60.2 Å². The van der Waals surface area contributed by atoms with Crippen molar-refractivity contribution in [3.63, 3.8) is 0 Å². The van der Waals surface area contributed by atoms with Gasteiger partial charge in [0.1, 0.15) is 0 Å². The Morgan fingerprint density at radius 3 is 2.62 bits per heavy atom. The van der Waals surface area contributed by atoms with E-state index in [0.29, 0.717) is 36.7 Å². The van der Waals surface area contributed by atoms with Gasteiger partial charge in [0, 0.05) is 59.1 Å². The van der Waals surface area contributed by atoms with Crippen LogP contribution in [0.5, 0.6) is 6.01 Å². The molecule has 0 atom stereocenters. The molecule has 2 aromatic heterocycles. The van der Waals surface area contributed by atoms with Gasteiger partial charge in [-0.05, 0) is 56.7 Å². The summed E-state index contributed by atoms with van der Waals surface area (Å²) in [5.41, 5.74) is 1.94. The zero-order valence-electron chi connectivity index (χ0n) is 22.1. The van der Waals surface area contributed by atoms with Crippen molar-refractivity contribution in [2.75, 3.05) is 31.8 Å². The molecule has 0 unspecified atom stereocenters. The van der Waals surface area contributed by atoms with E-state index in [0.717, 1.165) is 55.5 Å². The van der Waals surface area contributed by atoms with Gasteiger partial charge in [-0.3, -0.25) is 9.18 Å². The predicted molar refractivity (Wildman–Crippen MR) is 141 cm³/mol. The van der Waals surface area contributed by atoms with Gasteiger partial charge in [0.05, 0.1) is 26.0 Å². The number of carbonyl (C=O) groups is 1. The van der Waals surface area contributed by atoms with E-state index in [-0.39, 0.29) is 23.3 Å². The predicted octanol–water partition coefficient (Wildman–Crippen LogP) is 5.15. The number of methoxy groups -OCH3 is 1. The van der Waals surface area contributed by atoms with Crippen LogP contribution in [0, 0.1) is 5.41 Å². The first-order valence-electron chi connectivity index (χ1n) is 13.4. The fourth-order valence-corrected chi connectivity index (χ4v) is 5.69. The van der Waals surface area contributed by atoms with E-state index in [1.807, 2.05) is 24.3 Å². The molecule has 3 aromatic rings. The lowest BCUT2D eigenvalue weighted by Gasteiger charge is -2.54. The van der Waals surface area contributed by atoms with Crippen LogP contribution in [-0.4, -0.2) is 53.0 Å². The molecular formula is C29H32FN5O4. The van der Waals surface area contributed by atoms with E-state index in [4.69, 9.17) is 14.0 Å². The van der Waals surface area contributed by atoms with E-state index in [1.165, 1.54) is 7.11 Å². The molecule has 9 nitrogen and oxygen atoms in total. The Morgan fingerprint density at radius 2 is 1.97 bits per heavy atom. The molecule has 4 fully saturated rings. The summed E-state index contributed by atoms with van der Waals surface area (Å²) in [6, 6.07) is 7.84. The summed E-state index contributed by atoms with van der Waals surface area (Å²) < 4.78 is 30.3.